The third kappa shape index (κ3) is 5.44. The number of aromatic nitrogens is 1. The molecule has 2 nitrogen and oxygen atoms in total. The fourth-order valence-corrected chi connectivity index (χ4v) is 3.26. The van der Waals surface area contributed by atoms with Crippen LogP contribution in [-0.4, -0.2) is 29.5 Å². The lowest BCUT2D eigenvalue weighted by Gasteiger charge is -2.31. The van der Waals surface area contributed by atoms with E-state index in [1.54, 1.807) is 0 Å². The van der Waals surface area contributed by atoms with Crippen LogP contribution in [0.3, 0.4) is 0 Å². The summed E-state index contributed by atoms with van der Waals surface area (Å²) in [5, 5.41) is 0. The lowest BCUT2D eigenvalue weighted by molar-refractivity contribution is 0.244. The summed E-state index contributed by atoms with van der Waals surface area (Å²) in [5.74, 6) is 0.686. The van der Waals surface area contributed by atoms with Crippen molar-refractivity contribution in [2.75, 3.05) is 19.6 Å². The second kappa shape index (κ2) is 9.97. The van der Waals surface area contributed by atoms with Crippen molar-refractivity contribution in [3.63, 3.8) is 0 Å². The van der Waals surface area contributed by atoms with E-state index in [9.17, 15) is 0 Å². The van der Waals surface area contributed by atoms with Crippen LogP contribution in [0.1, 0.15) is 51.5 Å². The summed E-state index contributed by atoms with van der Waals surface area (Å²) in [7, 11) is 0. The van der Waals surface area contributed by atoms with Crippen molar-refractivity contribution in [3.8, 4) is 0 Å². The Hall–Kier alpha value is -0.860. The van der Waals surface area contributed by atoms with Gasteiger partial charge in [0.1, 0.15) is 0 Å². The SMILES string of the molecule is CCCN(CCC)CC1CCCC=C1c1cccnc1.Cl. The Morgan fingerprint density at radius 3 is 2.62 bits per heavy atom. The molecule has 1 aliphatic rings. The molecular formula is C18H29ClN2. The number of rotatable bonds is 7. The van der Waals surface area contributed by atoms with Crippen LogP contribution in [0.4, 0.5) is 0 Å². The second-order valence-electron chi connectivity index (χ2n) is 5.83. The Kier molecular flexibility index (Phi) is 8.63. The van der Waals surface area contributed by atoms with Gasteiger partial charge in [-0.25, -0.2) is 0 Å². The van der Waals surface area contributed by atoms with Gasteiger partial charge in [-0.15, -0.1) is 12.4 Å². The van der Waals surface area contributed by atoms with Crippen LogP contribution < -0.4 is 0 Å². The molecule has 1 aromatic heterocycles. The minimum atomic E-state index is 0. The molecule has 2 rings (SSSR count). The Balaban J connectivity index is 0.00000220. The first-order valence-electron chi connectivity index (χ1n) is 8.18. The molecule has 0 fully saturated rings. The second-order valence-corrected chi connectivity index (χ2v) is 5.83. The van der Waals surface area contributed by atoms with Crippen molar-refractivity contribution in [2.45, 2.75) is 46.0 Å². The number of hydrogen-bond donors (Lipinski definition) is 0. The number of allylic oxidation sites excluding steroid dienone is 1. The van der Waals surface area contributed by atoms with Gasteiger partial charge < -0.3 is 4.90 Å². The smallest absolute Gasteiger partial charge is 0.0343 e. The molecule has 0 spiro atoms. The van der Waals surface area contributed by atoms with Gasteiger partial charge in [-0.1, -0.05) is 26.0 Å². The van der Waals surface area contributed by atoms with E-state index < -0.39 is 0 Å². The van der Waals surface area contributed by atoms with Gasteiger partial charge in [-0.05, 0) is 68.3 Å². The standard InChI is InChI=1S/C18H28N2.ClH/c1-3-12-20(13-4-2)15-17-8-5-6-10-18(17)16-9-7-11-19-14-16;/h7,9-11,14,17H,3-6,8,12-13,15H2,1-2H3;1H. The van der Waals surface area contributed by atoms with E-state index in [0.717, 1.165) is 0 Å². The predicted octanol–water partition coefficient (Wildman–Crippen LogP) is 4.81. The van der Waals surface area contributed by atoms with Gasteiger partial charge in [0, 0.05) is 18.9 Å². The zero-order valence-electron chi connectivity index (χ0n) is 13.4. The van der Waals surface area contributed by atoms with Crippen molar-refractivity contribution < 1.29 is 0 Å². The molecule has 0 saturated heterocycles. The van der Waals surface area contributed by atoms with Gasteiger partial charge in [-0.3, -0.25) is 4.98 Å². The largest absolute Gasteiger partial charge is 0.303 e. The maximum atomic E-state index is 4.29. The molecule has 1 aliphatic carbocycles. The zero-order chi connectivity index (χ0) is 14.2. The average Bonchev–Trinajstić information content (AvgIpc) is 2.49. The van der Waals surface area contributed by atoms with Crippen LogP contribution >= 0.6 is 12.4 Å². The number of hydrogen-bond acceptors (Lipinski definition) is 2. The molecule has 1 heterocycles. The van der Waals surface area contributed by atoms with E-state index in [-0.39, 0.29) is 12.4 Å². The summed E-state index contributed by atoms with van der Waals surface area (Å²) in [6.45, 7) is 8.22. The normalized spacial score (nSPS) is 18.2. The molecule has 0 aromatic carbocycles. The fraction of sp³-hybridized carbons (Fsp3) is 0.611. The first kappa shape index (κ1) is 18.2. The van der Waals surface area contributed by atoms with Gasteiger partial charge in [-0.2, -0.15) is 0 Å². The minimum absolute atomic E-state index is 0. The predicted molar refractivity (Wildman–Crippen MR) is 93.8 cm³/mol. The summed E-state index contributed by atoms with van der Waals surface area (Å²) >= 11 is 0. The highest BCUT2D eigenvalue weighted by Gasteiger charge is 2.21. The molecule has 0 N–H and O–H groups in total. The molecule has 1 unspecified atom stereocenters. The summed E-state index contributed by atoms with van der Waals surface area (Å²) in [6.07, 6.45) is 12.7. The number of halogens is 1. The Bertz CT molecular complexity index is 410. The van der Waals surface area contributed by atoms with Gasteiger partial charge in [0.15, 0.2) is 0 Å². The maximum Gasteiger partial charge on any atom is 0.0343 e. The van der Waals surface area contributed by atoms with Crippen molar-refractivity contribution in [1.82, 2.24) is 9.88 Å². The van der Waals surface area contributed by atoms with Crippen LogP contribution in [0.15, 0.2) is 30.6 Å². The van der Waals surface area contributed by atoms with Crippen molar-refractivity contribution >= 4 is 18.0 Å². The molecular weight excluding hydrogens is 280 g/mol. The van der Waals surface area contributed by atoms with E-state index in [2.05, 4.69) is 41.9 Å². The minimum Gasteiger partial charge on any atom is -0.303 e. The highest BCUT2D eigenvalue weighted by atomic mass is 35.5. The van der Waals surface area contributed by atoms with Gasteiger partial charge >= 0.3 is 0 Å². The Labute approximate surface area is 136 Å². The zero-order valence-corrected chi connectivity index (χ0v) is 14.2. The molecule has 118 valence electrons. The summed E-state index contributed by atoms with van der Waals surface area (Å²) < 4.78 is 0. The quantitative estimate of drug-likeness (QED) is 0.718. The van der Waals surface area contributed by atoms with E-state index in [0.29, 0.717) is 5.92 Å². The van der Waals surface area contributed by atoms with Gasteiger partial charge in [0.2, 0.25) is 0 Å². The monoisotopic (exact) mass is 308 g/mol. The number of pyridine rings is 1. The van der Waals surface area contributed by atoms with E-state index in [1.165, 1.54) is 62.9 Å². The number of nitrogens with zero attached hydrogens (tertiary/aromatic N) is 2. The van der Waals surface area contributed by atoms with Crippen LogP contribution in [-0.2, 0) is 0 Å². The average molecular weight is 309 g/mol. The van der Waals surface area contributed by atoms with E-state index in [1.807, 2.05) is 12.4 Å². The summed E-state index contributed by atoms with van der Waals surface area (Å²) in [4.78, 5) is 6.93. The molecule has 0 bridgehead atoms. The van der Waals surface area contributed by atoms with E-state index in [4.69, 9.17) is 0 Å². The highest BCUT2D eigenvalue weighted by Crippen LogP contribution is 2.32. The van der Waals surface area contributed by atoms with Crippen molar-refractivity contribution in [1.29, 1.82) is 0 Å². The lowest BCUT2D eigenvalue weighted by atomic mass is 9.83. The van der Waals surface area contributed by atoms with E-state index >= 15 is 0 Å². The first-order chi connectivity index (χ1) is 9.85. The third-order valence-corrected chi connectivity index (χ3v) is 4.11. The van der Waals surface area contributed by atoms with Crippen LogP contribution in [0.5, 0.6) is 0 Å². The lowest BCUT2D eigenvalue weighted by Crippen LogP contribution is -2.32. The fourth-order valence-electron chi connectivity index (χ4n) is 3.26. The molecule has 0 amide bonds. The molecule has 0 radical (unpaired) electrons. The van der Waals surface area contributed by atoms with Gasteiger partial charge in [0.25, 0.3) is 0 Å². The maximum absolute atomic E-state index is 4.29. The molecule has 21 heavy (non-hydrogen) atoms. The topological polar surface area (TPSA) is 16.1 Å². The van der Waals surface area contributed by atoms with Crippen LogP contribution in [0.25, 0.3) is 5.57 Å². The Morgan fingerprint density at radius 2 is 2.00 bits per heavy atom. The summed E-state index contributed by atoms with van der Waals surface area (Å²) in [5.41, 5.74) is 2.85. The molecule has 0 aliphatic heterocycles. The first-order valence-corrected chi connectivity index (χ1v) is 8.18. The molecule has 0 saturated carbocycles. The molecule has 3 heteroatoms. The molecule has 1 aromatic rings. The van der Waals surface area contributed by atoms with Crippen LogP contribution in [0.2, 0.25) is 0 Å². The van der Waals surface area contributed by atoms with Gasteiger partial charge in [0.05, 0.1) is 0 Å². The highest BCUT2D eigenvalue weighted by molar-refractivity contribution is 5.85. The van der Waals surface area contributed by atoms with Crippen molar-refractivity contribution in [3.05, 3.63) is 36.2 Å². The Morgan fingerprint density at radius 1 is 1.24 bits per heavy atom. The van der Waals surface area contributed by atoms with Crippen molar-refractivity contribution in [2.24, 2.45) is 5.92 Å². The molecule has 1 atom stereocenters. The third-order valence-electron chi connectivity index (χ3n) is 4.11. The summed E-state index contributed by atoms with van der Waals surface area (Å²) in [6, 6.07) is 4.26. The van der Waals surface area contributed by atoms with Crippen LogP contribution in [0, 0.1) is 5.92 Å².